The summed E-state index contributed by atoms with van der Waals surface area (Å²) >= 11 is 1.19. The highest BCUT2D eigenvalue weighted by Crippen LogP contribution is 2.37. The Morgan fingerprint density at radius 2 is 1.36 bits per heavy atom. The van der Waals surface area contributed by atoms with Crippen molar-refractivity contribution in [1.82, 2.24) is 15.6 Å². The molecule has 1 heterocycles. The van der Waals surface area contributed by atoms with Crippen LogP contribution in [0.1, 0.15) is 59.0 Å². The van der Waals surface area contributed by atoms with Crippen LogP contribution in [0.25, 0.3) is 10.6 Å². The van der Waals surface area contributed by atoms with Crippen molar-refractivity contribution in [1.29, 1.82) is 0 Å². The van der Waals surface area contributed by atoms with Gasteiger partial charge in [-0.2, -0.15) is 0 Å². The molecule has 3 N–H and O–H groups in total. The number of esters is 2. The van der Waals surface area contributed by atoms with Crippen LogP contribution in [-0.2, 0) is 33.0 Å². The van der Waals surface area contributed by atoms with Gasteiger partial charge >= 0.3 is 18.0 Å². The molecule has 0 fully saturated rings. The number of amides is 3. The van der Waals surface area contributed by atoms with Gasteiger partial charge in [0.2, 0.25) is 5.91 Å². The van der Waals surface area contributed by atoms with Crippen molar-refractivity contribution in [3.63, 3.8) is 0 Å². The molecule has 292 valence electrons. The lowest BCUT2D eigenvalue weighted by Gasteiger charge is -2.43. The van der Waals surface area contributed by atoms with Crippen LogP contribution in [0.2, 0.25) is 5.04 Å². The fraction of sp³-hybridized carbons (Fsp3) is 0.350. The molecular formula is C40H48N4O9SSi. The second-order valence-electron chi connectivity index (χ2n) is 14.6. The maximum absolute atomic E-state index is 13.8. The second-order valence-corrected chi connectivity index (χ2v) is 19.8. The zero-order valence-electron chi connectivity index (χ0n) is 32.3. The van der Waals surface area contributed by atoms with Crippen LogP contribution in [-0.4, -0.2) is 81.2 Å². The number of hydrogen-bond donors (Lipinski definition) is 3. The van der Waals surface area contributed by atoms with Gasteiger partial charge in [-0.1, -0.05) is 81.4 Å². The first-order valence-electron chi connectivity index (χ1n) is 17.6. The summed E-state index contributed by atoms with van der Waals surface area (Å²) in [6.45, 7) is 12.0. The fourth-order valence-corrected chi connectivity index (χ4v) is 11.2. The zero-order valence-corrected chi connectivity index (χ0v) is 34.1. The average molecular weight is 789 g/mol. The normalized spacial score (nSPS) is 12.8. The summed E-state index contributed by atoms with van der Waals surface area (Å²) in [5, 5.41) is 11.5. The summed E-state index contributed by atoms with van der Waals surface area (Å²) in [6, 6.07) is 23.7. The van der Waals surface area contributed by atoms with E-state index in [0.29, 0.717) is 16.3 Å². The van der Waals surface area contributed by atoms with Crippen LogP contribution in [0.15, 0.2) is 90.3 Å². The third-order valence-electron chi connectivity index (χ3n) is 8.27. The number of methoxy groups -OCH3 is 1. The molecular weight excluding hydrogens is 741 g/mol. The smallest absolute Gasteiger partial charge is 0.412 e. The van der Waals surface area contributed by atoms with Crippen molar-refractivity contribution in [2.75, 3.05) is 25.6 Å². The lowest BCUT2D eigenvalue weighted by Crippen LogP contribution is -2.68. The van der Waals surface area contributed by atoms with Crippen molar-refractivity contribution >= 4 is 65.6 Å². The summed E-state index contributed by atoms with van der Waals surface area (Å²) in [5.41, 5.74) is 0.544. The highest BCUT2D eigenvalue weighted by molar-refractivity contribution is 7.13. The van der Waals surface area contributed by atoms with Gasteiger partial charge in [-0.25, -0.2) is 14.6 Å². The monoisotopic (exact) mass is 788 g/mol. The Labute approximate surface area is 326 Å². The minimum atomic E-state index is -3.12. The van der Waals surface area contributed by atoms with Crippen LogP contribution in [0.4, 0.5) is 10.5 Å². The van der Waals surface area contributed by atoms with Crippen LogP contribution in [0.5, 0.6) is 0 Å². The van der Waals surface area contributed by atoms with E-state index in [4.69, 9.17) is 18.6 Å². The molecule has 1 aromatic heterocycles. The van der Waals surface area contributed by atoms with E-state index in [-0.39, 0.29) is 12.3 Å². The number of benzene rings is 3. The van der Waals surface area contributed by atoms with Gasteiger partial charge in [0.05, 0.1) is 13.7 Å². The number of rotatable bonds is 14. The number of nitrogens with one attached hydrogen (secondary N) is 3. The molecule has 15 heteroatoms. The van der Waals surface area contributed by atoms with Gasteiger partial charge in [0.15, 0.2) is 0 Å². The molecule has 0 saturated heterocycles. The van der Waals surface area contributed by atoms with Crippen molar-refractivity contribution in [2.45, 2.75) is 71.2 Å². The van der Waals surface area contributed by atoms with Gasteiger partial charge in [-0.15, -0.1) is 11.3 Å². The molecule has 0 spiro atoms. The van der Waals surface area contributed by atoms with E-state index in [1.165, 1.54) is 30.8 Å². The molecule has 4 aromatic rings. The lowest BCUT2D eigenvalue weighted by atomic mass is 10.2. The molecule has 13 nitrogen and oxygen atoms in total. The summed E-state index contributed by atoms with van der Waals surface area (Å²) in [5.74, 6) is -2.96. The molecule has 0 saturated carbocycles. The Bertz CT molecular complexity index is 1900. The van der Waals surface area contributed by atoms with Crippen molar-refractivity contribution < 1.29 is 42.6 Å². The summed E-state index contributed by atoms with van der Waals surface area (Å²) in [7, 11) is -1.92. The first-order valence-corrected chi connectivity index (χ1v) is 20.4. The van der Waals surface area contributed by atoms with Gasteiger partial charge in [0.25, 0.3) is 14.2 Å². The summed E-state index contributed by atoms with van der Waals surface area (Å²) < 4.78 is 22.4. The minimum Gasteiger partial charge on any atom is -0.467 e. The Kier molecular flexibility index (Phi) is 14.1. The van der Waals surface area contributed by atoms with E-state index in [1.54, 1.807) is 45.0 Å². The molecule has 0 radical (unpaired) electrons. The molecule has 0 aliphatic rings. The molecule has 0 aliphatic heterocycles. The van der Waals surface area contributed by atoms with E-state index < -0.39 is 67.5 Å². The Morgan fingerprint density at radius 1 is 0.782 bits per heavy atom. The molecule has 2 unspecified atom stereocenters. The molecule has 2 atom stereocenters. The van der Waals surface area contributed by atoms with E-state index in [1.807, 2.05) is 60.7 Å². The lowest BCUT2D eigenvalue weighted by molar-refractivity contribution is -0.148. The number of carbonyl (C=O) groups excluding carboxylic acids is 5. The first kappa shape index (κ1) is 42.4. The third kappa shape index (κ3) is 11.3. The van der Waals surface area contributed by atoms with E-state index >= 15 is 0 Å². The highest BCUT2D eigenvalue weighted by Gasteiger charge is 2.51. The van der Waals surface area contributed by atoms with Gasteiger partial charge < -0.3 is 29.3 Å². The molecule has 3 aromatic carbocycles. The molecule has 55 heavy (non-hydrogen) atoms. The van der Waals surface area contributed by atoms with Crippen LogP contribution in [0.3, 0.4) is 0 Å². The molecule has 0 bridgehead atoms. The number of hydrogen-bond acceptors (Lipinski definition) is 11. The van der Waals surface area contributed by atoms with Crippen molar-refractivity contribution in [3.05, 3.63) is 96.0 Å². The topological polar surface area (TPSA) is 171 Å². The van der Waals surface area contributed by atoms with E-state index in [0.717, 1.165) is 10.4 Å². The van der Waals surface area contributed by atoms with Crippen molar-refractivity contribution in [2.24, 2.45) is 0 Å². The van der Waals surface area contributed by atoms with Crippen LogP contribution in [0, 0.1) is 0 Å². The molecule has 4 rings (SSSR count). The number of carbonyl (C=O) groups is 5. The number of aromatic nitrogens is 1. The number of ether oxygens (including phenoxy) is 3. The maximum Gasteiger partial charge on any atom is 0.412 e. The zero-order chi connectivity index (χ0) is 40.4. The van der Waals surface area contributed by atoms with Gasteiger partial charge in [0, 0.05) is 23.6 Å². The quantitative estimate of drug-likeness (QED) is 0.0893. The summed E-state index contributed by atoms with van der Waals surface area (Å²) in [4.78, 5) is 68.8. The predicted octanol–water partition coefficient (Wildman–Crippen LogP) is 5.05. The third-order valence-corrected chi connectivity index (χ3v) is 14.2. The van der Waals surface area contributed by atoms with E-state index in [2.05, 4.69) is 41.7 Å². The van der Waals surface area contributed by atoms with Crippen LogP contribution >= 0.6 is 11.3 Å². The SMILES string of the molecule is COC(=O)C(CO[Si](c1ccccc1)(c1ccccc1)C(C)(C)C)NC(=O)C(COC(C)=O)NC(=O)c1csc(-c2ccc(NC(=O)OC(C)(C)C)cc2)n1. The van der Waals surface area contributed by atoms with Gasteiger partial charge in [-0.05, 0) is 60.4 Å². The molecule has 0 aliphatic carbocycles. The predicted molar refractivity (Wildman–Crippen MR) is 213 cm³/mol. The minimum absolute atomic E-state index is 0.0103. The van der Waals surface area contributed by atoms with Crippen LogP contribution < -0.4 is 26.3 Å². The maximum atomic E-state index is 13.8. The highest BCUT2D eigenvalue weighted by atomic mass is 32.1. The summed E-state index contributed by atoms with van der Waals surface area (Å²) in [6.07, 6.45) is -0.592. The Morgan fingerprint density at radius 3 is 1.87 bits per heavy atom. The Balaban J connectivity index is 1.53. The largest absolute Gasteiger partial charge is 0.467 e. The fourth-order valence-electron chi connectivity index (χ4n) is 5.80. The van der Waals surface area contributed by atoms with E-state index in [9.17, 15) is 24.0 Å². The average Bonchev–Trinajstić information content (AvgIpc) is 3.63. The number of anilines is 1. The molecule has 3 amide bonds. The first-order chi connectivity index (χ1) is 25.9. The standard InChI is InChI=1S/C40H48N4O9SSi/c1-26(45)51-23-31(42-35(47)33-25-54-36(44-33)27-19-21-28(22-20-27)41-38(49)53-39(2,3)4)34(46)43-32(37(48)50-8)24-52-55(40(5,6)7,29-15-11-9-12-16-29)30-17-13-10-14-18-30/h9-22,25,31-32H,23-24H2,1-8H3,(H,41,49)(H,42,47)(H,43,46). The Hall–Kier alpha value is -5.38. The van der Waals surface area contributed by atoms with Gasteiger partial charge in [0.1, 0.15) is 35.0 Å². The second kappa shape index (κ2) is 18.3. The number of nitrogens with zero attached hydrogens (tertiary/aromatic N) is 1. The number of thiazole rings is 1. The van der Waals surface area contributed by atoms with Crippen molar-refractivity contribution in [3.8, 4) is 10.6 Å². The van der Waals surface area contributed by atoms with Gasteiger partial charge in [-0.3, -0.25) is 19.7 Å².